The second-order valence-corrected chi connectivity index (χ2v) is 4.66. The standard InChI is InChI=1S/C12H16ClNO2/c13-11-7-14-6-5-12(11)16-10-3-1-9(8-15)2-4-10/h5-7,9-10,15H,1-4,8H2. The summed E-state index contributed by atoms with van der Waals surface area (Å²) in [5.41, 5.74) is 0. The summed E-state index contributed by atoms with van der Waals surface area (Å²) in [5, 5.41) is 9.60. The third-order valence-electron chi connectivity index (χ3n) is 3.08. The van der Waals surface area contributed by atoms with Crippen LogP contribution in [0.4, 0.5) is 0 Å². The number of halogens is 1. The first-order valence-electron chi connectivity index (χ1n) is 5.66. The molecule has 0 atom stereocenters. The Morgan fingerprint density at radius 2 is 2.12 bits per heavy atom. The van der Waals surface area contributed by atoms with E-state index in [0.29, 0.717) is 23.3 Å². The van der Waals surface area contributed by atoms with Crippen molar-refractivity contribution < 1.29 is 9.84 Å². The highest BCUT2D eigenvalue weighted by Gasteiger charge is 2.22. The lowest BCUT2D eigenvalue weighted by Gasteiger charge is -2.28. The van der Waals surface area contributed by atoms with E-state index < -0.39 is 0 Å². The van der Waals surface area contributed by atoms with Gasteiger partial charge in [0.05, 0.1) is 6.10 Å². The molecule has 1 saturated carbocycles. The van der Waals surface area contributed by atoms with E-state index in [-0.39, 0.29) is 6.10 Å². The highest BCUT2D eigenvalue weighted by Crippen LogP contribution is 2.30. The molecule has 0 unspecified atom stereocenters. The molecule has 1 aromatic rings. The summed E-state index contributed by atoms with van der Waals surface area (Å²) in [6.07, 6.45) is 7.54. The Morgan fingerprint density at radius 1 is 1.38 bits per heavy atom. The third kappa shape index (κ3) is 2.86. The summed E-state index contributed by atoms with van der Waals surface area (Å²) < 4.78 is 5.83. The number of nitrogens with zero attached hydrogens (tertiary/aromatic N) is 1. The predicted octanol–water partition coefficient (Wildman–Crippen LogP) is 2.66. The van der Waals surface area contributed by atoms with Gasteiger partial charge in [-0.15, -0.1) is 0 Å². The van der Waals surface area contributed by atoms with Crippen molar-refractivity contribution in [2.45, 2.75) is 31.8 Å². The monoisotopic (exact) mass is 241 g/mol. The van der Waals surface area contributed by atoms with Crippen LogP contribution in [0, 0.1) is 5.92 Å². The Morgan fingerprint density at radius 3 is 2.75 bits per heavy atom. The van der Waals surface area contributed by atoms with Crippen molar-refractivity contribution >= 4 is 11.6 Å². The van der Waals surface area contributed by atoms with E-state index in [4.69, 9.17) is 21.4 Å². The first-order valence-corrected chi connectivity index (χ1v) is 6.04. The normalized spacial score (nSPS) is 25.4. The molecule has 1 heterocycles. The Labute approximate surface area is 100 Å². The molecule has 2 rings (SSSR count). The Balaban J connectivity index is 1.89. The zero-order valence-electron chi connectivity index (χ0n) is 9.10. The predicted molar refractivity (Wildman–Crippen MR) is 62.7 cm³/mol. The van der Waals surface area contributed by atoms with Gasteiger partial charge in [-0.3, -0.25) is 4.98 Å². The molecule has 0 aliphatic heterocycles. The van der Waals surface area contributed by atoms with Gasteiger partial charge in [-0.2, -0.15) is 0 Å². The maximum Gasteiger partial charge on any atom is 0.141 e. The van der Waals surface area contributed by atoms with Crippen LogP contribution in [0.15, 0.2) is 18.5 Å². The minimum absolute atomic E-state index is 0.225. The first kappa shape index (κ1) is 11.7. The van der Waals surface area contributed by atoms with E-state index >= 15 is 0 Å². The smallest absolute Gasteiger partial charge is 0.141 e. The summed E-state index contributed by atoms with van der Waals surface area (Å²) in [5.74, 6) is 1.16. The molecule has 1 aliphatic carbocycles. The summed E-state index contributed by atoms with van der Waals surface area (Å²) in [6.45, 7) is 0.294. The van der Waals surface area contributed by atoms with Gasteiger partial charge in [0.2, 0.25) is 0 Å². The molecule has 1 N–H and O–H groups in total. The molecule has 0 amide bonds. The summed E-state index contributed by atoms with van der Waals surface area (Å²) in [6, 6.07) is 1.79. The second-order valence-electron chi connectivity index (χ2n) is 4.25. The fourth-order valence-electron chi connectivity index (χ4n) is 2.07. The van der Waals surface area contributed by atoms with Crippen LogP contribution in [0.1, 0.15) is 25.7 Å². The van der Waals surface area contributed by atoms with E-state index in [1.807, 2.05) is 0 Å². The van der Waals surface area contributed by atoms with Crippen LogP contribution in [0.3, 0.4) is 0 Å². The molecule has 1 aromatic heterocycles. The number of aromatic nitrogens is 1. The number of hydrogen-bond donors (Lipinski definition) is 1. The molecule has 1 fully saturated rings. The van der Waals surface area contributed by atoms with Gasteiger partial charge in [-0.05, 0) is 31.6 Å². The van der Waals surface area contributed by atoms with Crippen LogP contribution in [-0.2, 0) is 0 Å². The summed E-state index contributed by atoms with van der Waals surface area (Å²) >= 11 is 5.97. The maximum atomic E-state index is 9.04. The topological polar surface area (TPSA) is 42.4 Å². The fraction of sp³-hybridized carbons (Fsp3) is 0.583. The molecule has 0 saturated heterocycles. The third-order valence-corrected chi connectivity index (χ3v) is 3.36. The molecule has 4 heteroatoms. The number of rotatable bonds is 3. The molecule has 88 valence electrons. The van der Waals surface area contributed by atoms with Gasteiger partial charge in [0.15, 0.2) is 0 Å². The molecule has 0 bridgehead atoms. The minimum Gasteiger partial charge on any atom is -0.489 e. The SMILES string of the molecule is OCC1CCC(Oc2ccncc2Cl)CC1. The number of hydrogen-bond acceptors (Lipinski definition) is 3. The molecule has 0 radical (unpaired) electrons. The van der Waals surface area contributed by atoms with Crippen LogP contribution in [0.25, 0.3) is 0 Å². The molecule has 1 aliphatic rings. The lowest BCUT2D eigenvalue weighted by molar-refractivity contribution is 0.104. The highest BCUT2D eigenvalue weighted by atomic mass is 35.5. The van der Waals surface area contributed by atoms with Crippen molar-refractivity contribution in [3.05, 3.63) is 23.5 Å². The number of aliphatic hydroxyl groups is 1. The van der Waals surface area contributed by atoms with Crippen molar-refractivity contribution in [1.29, 1.82) is 0 Å². The lowest BCUT2D eigenvalue weighted by atomic mass is 9.88. The minimum atomic E-state index is 0.225. The average molecular weight is 242 g/mol. The van der Waals surface area contributed by atoms with Crippen molar-refractivity contribution in [2.75, 3.05) is 6.61 Å². The molecule has 16 heavy (non-hydrogen) atoms. The van der Waals surface area contributed by atoms with Gasteiger partial charge in [0.1, 0.15) is 10.8 Å². The first-order chi connectivity index (χ1) is 7.79. The summed E-state index contributed by atoms with van der Waals surface area (Å²) in [4.78, 5) is 3.92. The van der Waals surface area contributed by atoms with Crippen molar-refractivity contribution in [3.8, 4) is 5.75 Å². The quantitative estimate of drug-likeness (QED) is 0.885. The van der Waals surface area contributed by atoms with Crippen LogP contribution in [0.5, 0.6) is 5.75 Å². The second kappa shape index (κ2) is 5.51. The zero-order valence-corrected chi connectivity index (χ0v) is 9.86. The van der Waals surface area contributed by atoms with Gasteiger partial charge in [0.25, 0.3) is 0 Å². The Bertz CT molecular complexity index is 338. The average Bonchev–Trinajstić information content (AvgIpc) is 2.33. The van der Waals surface area contributed by atoms with E-state index in [0.717, 1.165) is 25.7 Å². The largest absolute Gasteiger partial charge is 0.489 e. The zero-order chi connectivity index (χ0) is 11.4. The molecule has 0 aromatic carbocycles. The van der Waals surface area contributed by atoms with Crippen molar-refractivity contribution in [1.82, 2.24) is 4.98 Å². The van der Waals surface area contributed by atoms with Crippen molar-refractivity contribution in [3.63, 3.8) is 0 Å². The van der Waals surface area contributed by atoms with Crippen LogP contribution in [-0.4, -0.2) is 22.8 Å². The molecule has 3 nitrogen and oxygen atoms in total. The van der Waals surface area contributed by atoms with Crippen molar-refractivity contribution in [2.24, 2.45) is 5.92 Å². The van der Waals surface area contributed by atoms with E-state index in [1.54, 1.807) is 18.5 Å². The lowest BCUT2D eigenvalue weighted by Crippen LogP contribution is -2.25. The van der Waals surface area contributed by atoms with E-state index in [2.05, 4.69) is 4.98 Å². The van der Waals surface area contributed by atoms with Gasteiger partial charge >= 0.3 is 0 Å². The molecular formula is C12H16ClNO2. The van der Waals surface area contributed by atoms with Crippen LogP contribution < -0.4 is 4.74 Å². The molecular weight excluding hydrogens is 226 g/mol. The van der Waals surface area contributed by atoms with Gasteiger partial charge in [-0.1, -0.05) is 11.6 Å². The van der Waals surface area contributed by atoms with E-state index in [9.17, 15) is 0 Å². The summed E-state index contributed by atoms with van der Waals surface area (Å²) in [7, 11) is 0. The Hall–Kier alpha value is -0.800. The maximum absolute atomic E-state index is 9.04. The number of ether oxygens (including phenoxy) is 1. The fourth-order valence-corrected chi connectivity index (χ4v) is 2.23. The molecule has 0 spiro atoms. The van der Waals surface area contributed by atoms with E-state index in [1.165, 1.54) is 0 Å². The highest BCUT2D eigenvalue weighted by molar-refractivity contribution is 6.31. The number of aliphatic hydroxyl groups excluding tert-OH is 1. The van der Waals surface area contributed by atoms with Gasteiger partial charge in [-0.25, -0.2) is 0 Å². The van der Waals surface area contributed by atoms with Gasteiger partial charge in [0, 0.05) is 25.1 Å². The number of pyridine rings is 1. The van der Waals surface area contributed by atoms with Crippen LogP contribution in [0.2, 0.25) is 5.02 Å². The van der Waals surface area contributed by atoms with Crippen LogP contribution >= 0.6 is 11.6 Å². The Kier molecular flexibility index (Phi) is 4.02. The van der Waals surface area contributed by atoms with Gasteiger partial charge < -0.3 is 9.84 Å².